The number of benzene rings is 1. The van der Waals surface area contributed by atoms with Crippen LogP contribution in [0.3, 0.4) is 0 Å². The van der Waals surface area contributed by atoms with E-state index in [-0.39, 0.29) is 0 Å². The molecule has 0 amide bonds. The van der Waals surface area contributed by atoms with Crippen molar-refractivity contribution in [1.29, 1.82) is 0 Å². The van der Waals surface area contributed by atoms with Gasteiger partial charge < -0.3 is 9.72 Å². The van der Waals surface area contributed by atoms with Crippen LogP contribution in [0.5, 0.6) is 5.75 Å². The molecule has 0 atom stereocenters. The Bertz CT molecular complexity index is 564. The minimum atomic E-state index is 0.690. The highest BCUT2D eigenvalue weighted by Crippen LogP contribution is 2.39. The minimum Gasteiger partial charge on any atom is -0.494 e. The maximum absolute atomic E-state index is 5.51. The Balaban J connectivity index is 1.65. The van der Waals surface area contributed by atoms with Crippen LogP contribution in [0.4, 0.5) is 0 Å². The van der Waals surface area contributed by atoms with Gasteiger partial charge in [0.25, 0.3) is 0 Å². The lowest BCUT2D eigenvalue weighted by molar-refractivity contribution is 0.340. The summed E-state index contributed by atoms with van der Waals surface area (Å²) in [4.78, 5) is 8.03. The van der Waals surface area contributed by atoms with Crippen molar-refractivity contribution in [2.75, 3.05) is 6.61 Å². The van der Waals surface area contributed by atoms with Crippen LogP contribution in [0, 0.1) is 0 Å². The van der Waals surface area contributed by atoms with Crippen LogP contribution < -0.4 is 4.74 Å². The molecule has 1 aliphatic carbocycles. The molecule has 0 spiro atoms. The summed E-state index contributed by atoms with van der Waals surface area (Å²) in [6.45, 7) is 2.69. The molecule has 20 heavy (non-hydrogen) atoms. The number of H-pyrrole nitrogens is 1. The lowest BCUT2D eigenvalue weighted by Crippen LogP contribution is -2.06. The molecule has 1 heterocycles. The molecule has 2 aromatic rings. The molecule has 0 aliphatic heterocycles. The number of hydrogen-bond acceptors (Lipinski definition) is 4. The topological polar surface area (TPSA) is 37.9 Å². The number of aromatic amines is 1. The molecular formula is C15H20N2OS2. The van der Waals surface area contributed by atoms with Crippen molar-refractivity contribution in [3.05, 3.63) is 18.2 Å². The first-order chi connectivity index (χ1) is 9.85. The van der Waals surface area contributed by atoms with E-state index in [1.807, 2.05) is 35.9 Å². The van der Waals surface area contributed by atoms with Gasteiger partial charge in [0, 0.05) is 11.3 Å². The SMILES string of the molecule is CCOc1ccc2[nH]c(SSC3CCCCC3)nc2c1. The number of rotatable bonds is 5. The first-order valence-electron chi connectivity index (χ1n) is 7.31. The van der Waals surface area contributed by atoms with Crippen LogP contribution in [0.25, 0.3) is 11.0 Å². The summed E-state index contributed by atoms with van der Waals surface area (Å²) in [5.41, 5.74) is 2.07. The van der Waals surface area contributed by atoms with E-state index in [2.05, 4.69) is 9.97 Å². The van der Waals surface area contributed by atoms with E-state index in [0.29, 0.717) is 6.61 Å². The number of imidazole rings is 1. The fourth-order valence-electron chi connectivity index (χ4n) is 2.53. The minimum absolute atomic E-state index is 0.690. The predicted molar refractivity (Wildman–Crippen MR) is 87.6 cm³/mol. The quantitative estimate of drug-likeness (QED) is 0.786. The van der Waals surface area contributed by atoms with Crippen LogP contribution in [-0.2, 0) is 0 Å². The monoisotopic (exact) mass is 308 g/mol. The lowest BCUT2D eigenvalue weighted by Gasteiger charge is -2.19. The van der Waals surface area contributed by atoms with Crippen molar-refractivity contribution in [3.8, 4) is 5.75 Å². The van der Waals surface area contributed by atoms with E-state index in [4.69, 9.17) is 4.74 Å². The van der Waals surface area contributed by atoms with Gasteiger partial charge >= 0.3 is 0 Å². The van der Waals surface area contributed by atoms with Gasteiger partial charge in [0.05, 0.1) is 17.6 Å². The Morgan fingerprint density at radius 2 is 2.15 bits per heavy atom. The molecule has 108 valence electrons. The smallest absolute Gasteiger partial charge is 0.177 e. The van der Waals surface area contributed by atoms with E-state index >= 15 is 0 Å². The third-order valence-electron chi connectivity index (χ3n) is 3.56. The third kappa shape index (κ3) is 3.44. The molecule has 0 radical (unpaired) electrons. The molecule has 0 saturated heterocycles. The predicted octanol–water partition coefficient (Wildman–Crippen LogP) is 5.03. The van der Waals surface area contributed by atoms with Crippen LogP contribution >= 0.6 is 21.6 Å². The van der Waals surface area contributed by atoms with Crippen molar-refractivity contribution in [2.24, 2.45) is 0 Å². The van der Waals surface area contributed by atoms with Crippen LogP contribution in [0.15, 0.2) is 23.4 Å². The zero-order chi connectivity index (χ0) is 13.8. The Hall–Kier alpha value is -0.810. The summed E-state index contributed by atoms with van der Waals surface area (Å²) in [6, 6.07) is 6.04. The highest BCUT2D eigenvalue weighted by Gasteiger charge is 2.15. The van der Waals surface area contributed by atoms with E-state index < -0.39 is 0 Å². The Morgan fingerprint density at radius 3 is 2.95 bits per heavy atom. The van der Waals surface area contributed by atoms with Gasteiger partial charge in [-0.2, -0.15) is 0 Å². The van der Waals surface area contributed by atoms with E-state index in [9.17, 15) is 0 Å². The average molecular weight is 308 g/mol. The molecule has 3 rings (SSSR count). The lowest BCUT2D eigenvalue weighted by atomic mass is 10.0. The summed E-state index contributed by atoms with van der Waals surface area (Å²) in [5.74, 6) is 0.892. The molecular weight excluding hydrogens is 288 g/mol. The zero-order valence-electron chi connectivity index (χ0n) is 11.7. The van der Waals surface area contributed by atoms with Crippen molar-refractivity contribution in [1.82, 2.24) is 9.97 Å². The maximum atomic E-state index is 5.51. The number of nitrogens with one attached hydrogen (secondary N) is 1. The molecule has 1 aromatic heterocycles. The first-order valence-corrected chi connectivity index (χ1v) is 9.52. The van der Waals surface area contributed by atoms with E-state index in [0.717, 1.165) is 27.2 Å². The third-order valence-corrected chi connectivity index (χ3v) is 6.33. The Labute approximate surface area is 127 Å². The molecule has 3 nitrogen and oxygen atoms in total. The molecule has 1 aliphatic rings. The van der Waals surface area contributed by atoms with Crippen LogP contribution in [0.2, 0.25) is 0 Å². The summed E-state index contributed by atoms with van der Waals surface area (Å²) >= 11 is 0. The first kappa shape index (κ1) is 14.1. The molecule has 0 bridgehead atoms. The van der Waals surface area contributed by atoms with Crippen molar-refractivity contribution < 1.29 is 4.74 Å². The normalized spacial score (nSPS) is 16.6. The second-order valence-corrected chi connectivity index (χ2v) is 7.58. The molecule has 5 heteroatoms. The van der Waals surface area contributed by atoms with Crippen molar-refractivity contribution in [2.45, 2.75) is 49.4 Å². The number of ether oxygens (including phenoxy) is 1. The second-order valence-electron chi connectivity index (χ2n) is 5.09. The van der Waals surface area contributed by atoms with Crippen LogP contribution in [0.1, 0.15) is 39.0 Å². The number of aromatic nitrogens is 2. The number of nitrogens with zero attached hydrogens (tertiary/aromatic N) is 1. The van der Waals surface area contributed by atoms with Gasteiger partial charge in [-0.05, 0) is 42.7 Å². The maximum Gasteiger partial charge on any atom is 0.177 e. The second kappa shape index (κ2) is 6.76. The van der Waals surface area contributed by atoms with Gasteiger partial charge in [0.1, 0.15) is 5.75 Å². The van der Waals surface area contributed by atoms with Gasteiger partial charge in [0.2, 0.25) is 0 Å². The molecule has 1 N–H and O–H groups in total. The van der Waals surface area contributed by atoms with Gasteiger partial charge in [-0.1, -0.05) is 30.1 Å². The van der Waals surface area contributed by atoms with Gasteiger partial charge in [-0.3, -0.25) is 0 Å². The fraction of sp³-hybridized carbons (Fsp3) is 0.533. The fourth-order valence-corrected chi connectivity index (χ4v) is 5.07. The van der Waals surface area contributed by atoms with Gasteiger partial charge in [0.15, 0.2) is 5.16 Å². The number of fused-ring (bicyclic) bond motifs is 1. The van der Waals surface area contributed by atoms with Gasteiger partial charge in [-0.15, -0.1) is 0 Å². The average Bonchev–Trinajstić information content (AvgIpc) is 2.89. The Morgan fingerprint density at radius 1 is 1.30 bits per heavy atom. The van der Waals surface area contributed by atoms with Crippen molar-refractivity contribution in [3.63, 3.8) is 0 Å². The summed E-state index contributed by atoms with van der Waals surface area (Å²) in [5, 5.41) is 1.80. The van der Waals surface area contributed by atoms with Gasteiger partial charge in [-0.25, -0.2) is 4.98 Å². The zero-order valence-corrected chi connectivity index (χ0v) is 13.4. The highest BCUT2D eigenvalue weighted by molar-refractivity contribution is 8.76. The van der Waals surface area contributed by atoms with E-state index in [1.165, 1.54) is 32.1 Å². The molecule has 1 aromatic carbocycles. The number of hydrogen-bond donors (Lipinski definition) is 1. The summed E-state index contributed by atoms with van der Waals surface area (Å²) in [6.07, 6.45) is 6.89. The highest BCUT2D eigenvalue weighted by atomic mass is 33.1. The van der Waals surface area contributed by atoms with Crippen LogP contribution in [-0.4, -0.2) is 21.8 Å². The summed E-state index contributed by atoms with van der Waals surface area (Å²) in [7, 11) is 3.75. The molecule has 1 saturated carbocycles. The Kier molecular flexibility index (Phi) is 4.78. The standard InChI is InChI=1S/C15H20N2OS2/c1-2-18-11-8-9-13-14(10-11)17-15(16-13)20-19-12-6-4-3-5-7-12/h8-10,12H,2-7H2,1H3,(H,16,17). The van der Waals surface area contributed by atoms with E-state index in [1.54, 1.807) is 10.8 Å². The summed E-state index contributed by atoms with van der Waals surface area (Å²) < 4.78 is 5.51. The molecule has 1 fully saturated rings. The molecule has 0 unspecified atom stereocenters. The van der Waals surface area contributed by atoms with Crippen molar-refractivity contribution >= 4 is 32.6 Å². The largest absolute Gasteiger partial charge is 0.494 e.